The van der Waals surface area contributed by atoms with Gasteiger partial charge in [-0.1, -0.05) is 59.8 Å². The molecule has 0 bridgehead atoms. The van der Waals surface area contributed by atoms with Gasteiger partial charge in [-0.25, -0.2) is 14.1 Å². The molecule has 1 aliphatic rings. The molecule has 0 aliphatic carbocycles. The number of carbonyl (C=O) groups excluding carboxylic acids is 1. The first-order valence-electron chi connectivity index (χ1n) is 16.5. The second-order valence-electron chi connectivity index (χ2n) is 12.2. The Morgan fingerprint density at radius 1 is 1.00 bits per heavy atom. The summed E-state index contributed by atoms with van der Waals surface area (Å²) in [6.45, 7) is -0.715. The van der Waals surface area contributed by atoms with E-state index >= 15 is 0 Å². The molecule has 5 aromatic rings. The molecule has 0 saturated carbocycles. The minimum Gasteiger partial charge on any atom is -0.387 e. The summed E-state index contributed by atoms with van der Waals surface area (Å²) in [7, 11) is -10.5. The highest BCUT2D eigenvalue weighted by molar-refractivity contribution is 7.61. The predicted octanol–water partition coefficient (Wildman–Crippen LogP) is 1.52. The number of nitrogens with one attached hydrogen (secondary N) is 2. The Hall–Kier alpha value is -4.66. The number of aliphatic hydroxyl groups is 2. The Kier molecular flexibility index (Phi) is 12.1. The maximum Gasteiger partial charge on any atom is 0.481 e. The Balaban J connectivity index is 0.892. The number of carbonyl (C=O) groups is 1. The first kappa shape index (κ1) is 39.0. The zero-order chi connectivity index (χ0) is 38.5. The SMILES string of the molecule is Nc1nc2c(ncn2[C@@H]2O[C@H](COP(=O)(O)OP(=O)(O)OCc3cn(CCCCC(=O)NCc4ccc(-c5ccccc5)cc4)nn3)[C@@H](O)[C@H]2O)c(=O)[nH]1. The summed E-state index contributed by atoms with van der Waals surface area (Å²) in [6, 6.07) is 18.0. The molecule has 288 valence electrons. The van der Waals surface area contributed by atoms with E-state index in [2.05, 4.69) is 34.9 Å². The number of aryl methyl sites for hydroxylation is 1. The zero-order valence-electron chi connectivity index (χ0n) is 28.3. The summed E-state index contributed by atoms with van der Waals surface area (Å²) in [4.78, 5) is 54.6. The summed E-state index contributed by atoms with van der Waals surface area (Å²) in [5, 5.41) is 31.6. The lowest BCUT2D eigenvalue weighted by molar-refractivity contribution is -0.121. The second kappa shape index (κ2) is 16.8. The quantitative estimate of drug-likeness (QED) is 0.0519. The van der Waals surface area contributed by atoms with Crippen molar-refractivity contribution in [1.29, 1.82) is 0 Å². The van der Waals surface area contributed by atoms with E-state index in [4.69, 9.17) is 19.5 Å². The first-order valence-corrected chi connectivity index (χ1v) is 19.5. The van der Waals surface area contributed by atoms with E-state index in [1.807, 2.05) is 54.6 Å². The first-order chi connectivity index (χ1) is 25.8. The molecular weight excluding hydrogens is 752 g/mol. The number of nitrogen functional groups attached to an aromatic ring is 1. The van der Waals surface area contributed by atoms with E-state index in [1.165, 1.54) is 10.9 Å². The number of aromatic amines is 1. The molecule has 6 atom stereocenters. The molecule has 0 radical (unpaired) electrons. The number of fused-ring (bicyclic) bond motifs is 1. The van der Waals surface area contributed by atoms with Gasteiger partial charge in [0, 0.05) is 19.5 Å². The smallest absolute Gasteiger partial charge is 0.387 e. The van der Waals surface area contributed by atoms with Gasteiger partial charge in [-0.05, 0) is 29.5 Å². The lowest BCUT2D eigenvalue weighted by atomic mass is 10.0. The van der Waals surface area contributed by atoms with E-state index in [-0.39, 0.29) is 28.7 Å². The van der Waals surface area contributed by atoms with Crippen LogP contribution >= 0.6 is 15.6 Å². The van der Waals surface area contributed by atoms with Gasteiger partial charge in [0.25, 0.3) is 5.56 Å². The van der Waals surface area contributed by atoms with Crippen molar-refractivity contribution in [2.45, 2.75) is 63.5 Å². The number of imidazole rings is 1. The van der Waals surface area contributed by atoms with Gasteiger partial charge in [0.05, 0.1) is 19.1 Å². The van der Waals surface area contributed by atoms with Crippen molar-refractivity contribution in [1.82, 2.24) is 39.8 Å². The van der Waals surface area contributed by atoms with Crippen molar-refractivity contribution in [2.24, 2.45) is 0 Å². The van der Waals surface area contributed by atoms with Crippen molar-refractivity contribution < 1.29 is 52.0 Å². The van der Waals surface area contributed by atoms with Crippen LogP contribution < -0.4 is 16.6 Å². The summed E-state index contributed by atoms with van der Waals surface area (Å²) in [5.74, 6) is -0.342. The number of rotatable bonds is 17. The fraction of sp³-hybridized carbons (Fsp3) is 0.355. The number of anilines is 1. The van der Waals surface area contributed by atoms with Crippen LogP contribution in [-0.2, 0) is 51.7 Å². The molecule has 1 fully saturated rings. The van der Waals surface area contributed by atoms with E-state index in [9.17, 15) is 38.7 Å². The monoisotopic (exact) mass is 789 g/mol. The number of hydrogen-bond donors (Lipinski definition) is 7. The minimum atomic E-state index is -5.30. The topological polar surface area (TPSA) is 301 Å². The summed E-state index contributed by atoms with van der Waals surface area (Å²) in [5.41, 5.74) is 8.01. The molecule has 6 rings (SSSR count). The zero-order valence-corrected chi connectivity index (χ0v) is 30.1. The number of aliphatic hydroxyl groups excluding tert-OH is 2. The van der Waals surface area contributed by atoms with Crippen LogP contribution in [0.15, 0.2) is 71.9 Å². The van der Waals surface area contributed by atoms with Gasteiger partial charge in [0.1, 0.15) is 30.6 Å². The second-order valence-corrected chi connectivity index (χ2v) is 15.2. The molecule has 23 heteroatoms. The summed E-state index contributed by atoms with van der Waals surface area (Å²) in [6.07, 6.45) is -2.16. The van der Waals surface area contributed by atoms with Gasteiger partial charge in [0.2, 0.25) is 11.9 Å². The molecule has 8 N–H and O–H groups in total. The van der Waals surface area contributed by atoms with Crippen molar-refractivity contribution >= 4 is 38.7 Å². The number of ether oxygens (including phenoxy) is 1. The molecule has 1 saturated heterocycles. The van der Waals surface area contributed by atoms with Crippen LogP contribution in [-0.4, -0.2) is 85.3 Å². The standard InChI is InChI=1S/C31H37N9O12P2/c32-31-35-28-25(29(44)36-31)34-18-40(28)30-27(43)26(42)23(51-30)17-50-54(47,48)52-53(45,46)49-16-22-15-39(38-37-22)13-5-4-8-24(41)33-14-19-9-11-21(12-10-19)20-6-2-1-3-7-20/h1-3,6-7,9-12,15,18,23,26-27,30,42-43H,4-5,8,13-14,16-17H2,(H,33,41)(H,45,46)(H,47,48)(H3,32,35,36,44)/t23-,26-,27-,30-/m1/s1. The predicted molar refractivity (Wildman–Crippen MR) is 188 cm³/mol. The van der Waals surface area contributed by atoms with Gasteiger partial charge in [-0.15, -0.1) is 5.10 Å². The van der Waals surface area contributed by atoms with Crippen LogP contribution in [0.3, 0.4) is 0 Å². The minimum absolute atomic E-state index is 0.0683. The Labute approximate surface area is 305 Å². The maximum absolute atomic E-state index is 12.5. The Morgan fingerprint density at radius 3 is 2.48 bits per heavy atom. The van der Waals surface area contributed by atoms with Gasteiger partial charge >= 0.3 is 15.6 Å². The molecule has 0 spiro atoms. The molecule has 54 heavy (non-hydrogen) atoms. The summed E-state index contributed by atoms with van der Waals surface area (Å²) >= 11 is 0. The molecule has 3 aromatic heterocycles. The molecule has 1 aliphatic heterocycles. The highest BCUT2D eigenvalue weighted by Gasteiger charge is 2.46. The molecule has 1 amide bonds. The largest absolute Gasteiger partial charge is 0.481 e. The van der Waals surface area contributed by atoms with Gasteiger partial charge in [0.15, 0.2) is 17.4 Å². The third-order valence-electron chi connectivity index (χ3n) is 8.22. The van der Waals surface area contributed by atoms with Gasteiger partial charge in [-0.3, -0.25) is 32.9 Å². The van der Waals surface area contributed by atoms with E-state index in [1.54, 1.807) is 0 Å². The fourth-order valence-electron chi connectivity index (χ4n) is 5.53. The average molecular weight is 790 g/mol. The maximum atomic E-state index is 12.5. The number of nitrogens with two attached hydrogens (primary N) is 1. The number of phosphoric ester groups is 2. The number of amides is 1. The normalized spacial score (nSPS) is 20.8. The third-order valence-corrected chi connectivity index (χ3v) is 10.8. The lowest BCUT2D eigenvalue weighted by Crippen LogP contribution is -2.33. The van der Waals surface area contributed by atoms with E-state index in [0.717, 1.165) is 27.6 Å². The Morgan fingerprint density at radius 2 is 1.72 bits per heavy atom. The van der Waals surface area contributed by atoms with Crippen LogP contribution in [0, 0.1) is 0 Å². The lowest BCUT2D eigenvalue weighted by Gasteiger charge is -2.19. The average Bonchev–Trinajstić information content (AvgIpc) is 3.85. The molecule has 2 unspecified atom stereocenters. The third kappa shape index (κ3) is 9.90. The number of phosphoric acid groups is 2. The van der Waals surface area contributed by atoms with Crippen LogP contribution in [0.4, 0.5) is 5.95 Å². The van der Waals surface area contributed by atoms with Crippen LogP contribution in [0.2, 0.25) is 0 Å². The number of aromatic nitrogens is 7. The van der Waals surface area contributed by atoms with Crippen LogP contribution in [0.1, 0.15) is 36.7 Å². The van der Waals surface area contributed by atoms with Crippen LogP contribution in [0.5, 0.6) is 0 Å². The highest BCUT2D eigenvalue weighted by Crippen LogP contribution is 2.60. The number of unbranched alkanes of at least 4 members (excludes halogenated alkanes) is 1. The van der Waals surface area contributed by atoms with E-state index in [0.29, 0.717) is 32.4 Å². The van der Waals surface area contributed by atoms with Crippen molar-refractivity contribution in [3.05, 3.63) is 88.7 Å². The number of nitrogens with zero attached hydrogens (tertiary/aromatic N) is 6. The number of H-pyrrole nitrogens is 1. The van der Waals surface area contributed by atoms with E-state index < -0.39 is 59.0 Å². The number of hydrogen-bond acceptors (Lipinski definition) is 15. The Bertz CT molecular complexity index is 2220. The van der Waals surface area contributed by atoms with Gasteiger partial charge < -0.3 is 35.8 Å². The van der Waals surface area contributed by atoms with Crippen molar-refractivity contribution in [3.63, 3.8) is 0 Å². The number of benzene rings is 2. The molecule has 4 heterocycles. The highest BCUT2D eigenvalue weighted by atomic mass is 31.3. The van der Waals surface area contributed by atoms with Crippen molar-refractivity contribution in [2.75, 3.05) is 12.3 Å². The van der Waals surface area contributed by atoms with Crippen molar-refractivity contribution in [3.8, 4) is 11.1 Å². The van der Waals surface area contributed by atoms with Gasteiger partial charge in [-0.2, -0.15) is 9.29 Å². The summed E-state index contributed by atoms with van der Waals surface area (Å²) < 4.78 is 46.9. The molecular formula is C31H37N9O12P2. The molecule has 2 aromatic carbocycles. The van der Waals surface area contributed by atoms with Crippen LogP contribution in [0.25, 0.3) is 22.3 Å². The fourth-order valence-corrected chi connectivity index (χ4v) is 7.58. The molecule has 21 nitrogen and oxygen atoms in total.